The van der Waals surface area contributed by atoms with E-state index < -0.39 is 89.8 Å². The molecule has 1 saturated heterocycles. The molecule has 1 heterocycles. The Balaban J connectivity index is 3.81. The first kappa shape index (κ1) is 40.8. The molecule has 6 atom stereocenters. The number of esters is 3. The third kappa shape index (κ3) is 12.2. The highest BCUT2D eigenvalue weighted by molar-refractivity contribution is 5.94. The first-order valence-corrected chi connectivity index (χ1v) is 16.7. The van der Waals surface area contributed by atoms with Crippen molar-refractivity contribution in [2.75, 3.05) is 7.05 Å². The Kier molecular flexibility index (Phi) is 16.2. The van der Waals surface area contributed by atoms with Crippen LogP contribution in [0.3, 0.4) is 0 Å². The van der Waals surface area contributed by atoms with Crippen molar-refractivity contribution in [1.29, 1.82) is 0 Å². The number of likely N-dealkylation sites (N-methyl/N-ethyl adjacent to an activating group) is 1. The normalized spacial score (nSPS) is 26.7. The molecular weight excluding hydrogens is 594 g/mol. The van der Waals surface area contributed by atoms with E-state index in [0.29, 0.717) is 0 Å². The molecule has 46 heavy (non-hydrogen) atoms. The van der Waals surface area contributed by atoms with Gasteiger partial charge in [-0.3, -0.25) is 14.4 Å². The first-order chi connectivity index (χ1) is 21.2. The lowest BCUT2D eigenvalue weighted by atomic mass is 9.98. The zero-order valence-corrected chi connectivity index (χ0v) is 30.2. The fourth-order valence-corrected chi connectivity index (χ4v) is 5.14. The summed E-state index contributed by atoms with van der Waals surface area (Å²) in [5, 5.41) is 5.43. The van der Waals surface area contributed by atoms with Crippen LogP contribution >= 0.6 is 0 Å². The van der Waals surface area contributed by atoms with Crippen molar-refractivity contribution < 1.29 is 43.0 Å². The molecule has 0 saturated carbocycles. The summed E-state index contributed by atoms with van der Waals surface area (Å²) in [7, 11) is 1.43. The van der Waals surface area contributed by atoms with E-state index in [1.807, 2.05) is 41.5 Å². The molecule has 0 aliphatic carbocycles. The van der Waals surface area contributed by atoms with Crippen molar-refractivity contribution >= 4 is 35.6 Å². The van der Waals surface area contributed by atoms with Crippen LogP contribution in [0.25, 0.3) is 0 Å². The second-order valence-corrected chi connectivity index (χ2v) is 14.8. The Morgan fingerprint density at radius 1 is 0.565 bits per heavy atom. The fraction of sp³-hybridized carbons (Fsp3) is 0.824. The van der Waals surface area contributed by atoms with Crippen LogP contribution in [-0.4, -0.2) is 84.0 Å². The molecule has 1 rings (SSSR count). The molecule has 3 amide bonds. The van der Waals surface area contributed by atoms with Gasteiger partial charge in [0.2, 0.25) is 5.91 Å². The van der Waals surface area contributed by atoms with Crippen molar-refractivity contribution in [3.05, 3.63) is 0 Å². The number of nitrogens with one attached hydrogen (secondary N) is 2. The summed E-state index contributed by atoms with van der Waals surface area (Å²) in [6, 6.07) is -3.30. The maximum atomic E-state index is 13.9. The predicted octanol–water partition coefficient (Wildman–Crippen LogP) is 3.64. The van der Waals surface area contributed by atoms with E-state index in [-0.39, 0.29) is 37.0 Å². The molecule has 1 aliphatic heterocycles. The van der Waals surface area contributed by atoms with E-state index >= 15 is 0 Å². The zero-order valence-electron chi connectivity index (χ0n) is 30.2. The number of carbonyl (C=O) groups excluding carboxylic acids is 6. The highest BCUT2D eigenvalue weighted by Crippen LogP contribution is 2.22. The van der Waals surface area contributed by atoms with E-state index in [9.17, 15) is 28.8 Å². The molecule has 2 N–H and O–H groups in total. The molecule has 1 aliphatic rings. The summed E-state index contributed by atoms with van der Waals surface area (Å²) in [5.41, 5.74) is 0. The number of amides is 3. The van der Waals surface area contributed by atoms with Crippen molar-refractivity contribution in [1.82, 2.24) is 15.5 Å². The molecular formula is C34H59N3O9. The van der Waals surface area contributed by atoms with Gasteiger partial charge in [0.1, 0.15) is 18.1 Å². The number of rotatable bonds is 9. The number of hydrogen-bond acceptors (Lipinski definition) is 9. The largest absolute Gasteiger partial charge is 0.450 e. The summed E-state index contributed by atoms with van der Waals surface area (Å²) in [6.07, 6.45) is -3.38. The van der Waals surface area contributed by atoms with Crippen LogP contribution in [0.2, 0.25) is 0 Å². The average molecular weight is 654 g/mol. The predicted molar refractivity (Wildman–Crippen MR) is 173 cm³/mol. The van der Waals surface area contributed by atoms with E-state index in [4.69, 9.17) is 14.2 Å². The van der Waals surface area contributed by atoms with Gasteiger partial charge in [0.15, 0.2) is 18.3 Å². The first-order valence-electron chi connectivity index (χ1n) is 16.7. The van der Waals surface area contributed by atoms with Gasteiger partial charge in [0.25, 0.3) is 11.8 Å². The summed E-state index contributed by atoms with van der Waals surface area (Å²) in [4.78, 5) is 83.1. The van der Waals surface area contributed by atoms with Gasteiger partial charge in [-0.2, -0.15) is 0 Å². The van der Waals surface area contributed by atoms with Gasteiger partial charge in [-0.05, 0) is 54.8 Å². The van der Waals surface area contributed by atoms with E-state index in [0.717, 1.165) is 0 Å². The number of nitrogens with zero attached hydrogens (tertiary/aromatic N) is 1. The molecule has 0 aromatic heterocycles. The third-order valence-electron chi connectivity index (χ3n) is 7.74. The van der Waals surface area contributed by atoms with Crippen LogP contribution in [0.15, 0.2) is 0 Å². The van der Waals surface area contributed by atoms with Gasteiger partial charge in [0.05, 0.1) is 0 Å². The molecule has 0 aromatic rings. The van der Waals surface area contributed by atoms with E-state index in [2.05, 4.69) is 10.6 Å². The van der Waals surface area contributed by atoms with Crippen molar-refractivity contribution in [3.63, 3.8) is 0 Å². The molecule has 0 unspecified atom stereocenters. The van der Waals surface area contributed by atoms with Gasteiger partial charge in [0, 0.05) is 7.05 Å². The Morgan fingerprint density at radius 2 is 1.07 bits per heavy atom. The highest BCUT2D eigenvalue weighted by atomic mass is 16.6. The van der Waals surface area contributed by atoms with Crippen LogP contribution in [0, 0.1) is 35.5 Å². The van der Waals surface area contributed by atoms with Gasteiger partial charge < -0.3 is 29.7 Å². The van der Waals surface area contributed by atoms with Crippen molar-refractivity contribution in [2.45, 2.75) is 139 Å². The third-order valence-corrected chi connectivity index (χ3v) is 7.74. The van der Waals surface area contributed by atoms with E-state index in [1.165, 1.54) is 11.9 Å². The topological polar surface area (TPSA) is 157 Å². The minimum atomic E-state index is -1.35. The second kappa shape index (κ2) is 18.2. The summed E-state index contributed by atoms with van der Waals surface area (Å²) >= 11 is 0. The van der Waals surface area contributed by atoms with E-state index in [1.54, 1.807) is 41.5 Å². The second-order valence-electron chi connectivity index (χ2n) is 14.8. The Labute approximate surface area is 275 Å². The molecule has 12 heteroatoms. The molecule has 0 aromatic carbocycles. The van der Waals surface area contributed by atoms with Crippen LogP contribution < -0.4 is 10.6 Å². The molecule has 1 fully saturated rings. The summed E-state index contributed by atoms with van der Waals surface area (Å²) in [6.45, 7) is 21.5. The van der Waals surface area contributed by atoms with Crippen LogP contribution in [0.5, 0.6) is 0 Å². The Morgan fingerprint density at radius 3 is 1.52 bits per heavy atom. The summed E-state index contributed by atoms with van der Waals surface area (Å²) in [5.74, 6) is -5.97. The molecule has 0 spiro atoms. The molecule has 0 bridgehead atoms. The smallest absolute Gasteiger partial charge is 0.348 e. The molecule has 12 nitrogen and oxygen atoms in total. The van der Waals surface area contributed by atoms with Crippen LogP contribution in [-0.2, 0) is 43.0 Å². The number of cyclic esters (lactones) is 3. The summed E-state index contributed by atoms with van der Waals surface area (Å²) < 4.78 is 17.2. The van der Waals surface area contributed by atoms with Crippen LogP contribution in [0.1, 0.15) is 102 Å². The van der Waals surface area contributed by atoms with Crippen molar-refractivity contribution in [3.8, 4) is 0 Å². The number of ether oxygens (including phenoxy) is 3. The van der Waals surface area contributed by atoms with Crippen LogP contribution in [0.4, 0.5) is 0 Å². The standard InChI is InChI=1S/C34H59N3O9/c1-17(2)14-23-32(41)44-25(16-19(5)6)34(43)46-28(22(11)12)31(40)37(13)24(15-18(3)4)33(42)45-27(21(9)10)30(39)36-26(20(7)8)29(38)35-23/h17-28H,14-16H2,1-13H3,(H,35,38)(H,36,39)/t23-,24-,25-,26-,27-,28+/m0/s1. The lowest BCUT2D eigenvalue weighted by Gasteiger charge is -2.34. The lowest BCUT2D eigenvalue weighted by molar-refractivity contribution is -0.181. The minimum Gasteiger partial charge on any atom is -0.450 e. The van der Waals surface area contributed by atoms with Gasteiger partial charge in [-0.15, -0.1) is 0 Å². The molecule has 264 valence electrons. The SMILES string of the molecule is CC(C)C[C@@H]1NC(=O)[C@H](C(C)C)NC(=O)[C@H](C(C)C)OC(=O)[C@H](CC(C)C)N(C)C(=O)[C@@H](C(C)C)OC(=O)[C@H](CC(C)C)OC1=O. The van der Waals surface area contributed by atoms with Gasteiger partial charge in [-0.25, -0.2) is 14.4 Å². The Hall–Kier alpha value is -3.18. The highest BCUT2D eigenvalue weighted by Gasteiger charge is 2.41. The Bertz CT molecular complexity index is 1070. The minimum absolute atomic E-state index is 0.0414. The zero-order chi connectivity index (χ0) is 35.6. The number of carbonyl (C=O) groups is 6. The lowest BCUT2D eigenvalue weighted by Crippen LogP contribution is -2.57. The van der Waals surface area contributed by atoms with Crippen molar-refractivity contribution in [2.24, 2.45) is 35.5 Å². The molecule has 0 radical (unpaired) electrons. The van der Waals surface area contributed by atoms with Gasteiger partial charge in [-0.1, -0.05) is 83.1 Å². The average Bonchev–Trinajstić information content (AvgIpc) is 2.92. The maximum absolute atomic E-state index is 13.9. The quantitative estimate of drug-likeness (QED) is 0.280. The maximum Gasteiger partial charge on any atom is 0.348 e. The fourth-order valence-electron chi connectivity index (χ4n) is 5.14. The monoisotopic (exact) mass is 653 g/mol. The van der Waals surface area contributed by atoms with Gasteiger partial charge >= 0.3 is 17.9 Å². The number of hydrogen-bond donors (Lipinski definition) is 2.